The number of nitrogens with zero attached hydrogens (tertiary/aromatic N) is 2. The van der Waals surface area contributed by atoms with Crippen molar-refractivity contribution in [2.45, 2.75) is 6.92 Å². The molecule has 0 aliphatic carbocycles. The van der Waals surface area contributed by atoms with Crippen LogP contribution in [0, 0.1) is 6.92 Å². The SMILES string of the molecule is Cc1cc(-c2ccnnc2)cc2ccc(=O)[nH]c12. The van der Waals surface area contributed by atoms with Gasteiger partial charge in [0.05, 0.1) is 17.9 Å². The second kappa shape index (κ2) is 4.07. The minimum absolute atomic E-state index is 0.0797. The molecule has 4 nitrogen and oxygen atoms in total. The molecule has 0 saturated carbocycles. The highest BCUT2D eigenvalue weighted by Gasteiger charge is 2.04. The molecule has 0 aliphatic rings. The zero-order valence-corrected chi connectivity index (χ0v) is 9.84. The molecular weight excluding hydrogens is 226 g/mol. The zero-order chi connectivity index (χ0) is 12.5. The van der Waals surface area contributed by atoms with Crippen molar-refractivity contribution in [3.63, 3.8) is 0 Å². The Morgan fingerprint density at radius 3 is 2.72 bits per heavy atom. The number of fused-ring (bicyclic) bond motifs is 1. The summed E-state index contributed by atoms with van der Waals surface area (Å²) in [4.78, 5) is 14.2. The highest BCUT2D eigenvalue weighted by Crippen LogP contribution is 2.24. The minimum atomic E-state index is -0.0797. The van der Waals surface area contributed by atoms with Crippen molar-refractivity contribution in [3.8, 4) is 11.1 Å². The lowest BCUT2D eigenvalue weighted by Crippen LogP contribution is -2.03. The van der Waals surface area contributed by atoms with Crippen LogP contribution in [0.3, 0.4) is 0 Å². The Hall–Kier alpha value is -2.49. The predicted molar refractivity (Wildman–Crippen MR) is 70.3 cm³/mol. The lowest BCUT2D eigenvalue weighted by molar-refractivity contribution is 1.03. The number of nitrogens with one attached hydrogen (secondary N) is 1. The predicted octanol–water partition coefficient (Wildman–Crippen LogP) is 2.29. The van der Waals surface area contributed by atoms with E-state index in [1.54, 1.807) is 12.4 Å². The van der Waals surface area contributed by atoms with Crippen molar-refractivity contribution in [2.24, 2.45) is 0 Å². The Morgan fingerprint density at radius 2 is 1.94 bits per heavy atom. The molecule has 3 rings (SSSR count). The molecule has 1 N–H and O–H groups in total. The molecule has 1 aromatic carbocycles. The molecule has 0 aliphatic heterocycles. The number of hydrogen-bond donors (Lipinski definition) is 1. The van der Waals surface area contributed by atoms with Gasteiger partial charge in [0.1, 0.15) is 0 Å². The lowest BCUT2D eigenvalue weighted by atomic mass is 10.0. The molecule has 0 spiro atoms. The molecule has 0 amide bonds. The van der Waals surface area contributed by atoms with E-state index in [-0.39, 0.29) is 5.56 Å². The van der Waals surface area contributed by atoms with Crippen LogP contribution in [0.25, 0.3) is 22.0 Å². The maximum Gasteiger partial charge on any atom is 0.248 e. The van der Waals surface area contributed by atoms with Gasteiger partial charge in [0.15, 0.2) is 0 Å². The second-order valence-electron chi connectivity index (χ2n) is 4.21. The Balaban J connectivity index is 2.28. The van der Waals surface area contributed by atoms with Gasteiger partial charge in [-0.1, -0.05) is 0 Å². The van der Waals surface area contributed by atoms with Gasteiger partial charge in [-0.05, 0) is 47.7 Å². The highest BCUT2D eigenvalue weighted by molar-refractivity contribution is 5.86. The Bertz CT molecular complexity index is 763. The number of aryl methyl sites for hydroxylation is 1. The lowest BCUT2D eigenvalue weighted by Gasteiger charge is -2.06. The number of benzene rings is 1. The monoisotopic (exact) mass is 237 g/mol. The third-order valence-electron chi connectivity index (χ3n) is 2.95. The number of aromatic amines is 1. The number of hydrogen-bond acceptors (Lipinski definition) is 3. The fourth-order valence-corrected chi connectivity index (χ4v) is 2.08. The van der Waals surface area contributed by atoms with Crippen molar-refractivity contribution < 1.29 is 0 Å². The first-order valence-corrected chi connectivity index (χ1v) is 5.65. The first kappa shape index (κ1) is 10.7. The maximum absolute atomic E-state index is 11.3. The highest BCUT2D eigenvalue weighted by atomic mass is 16.1. The van der Waals surface area contributed by atoms with E-state index in [1.165, 1.54) is 6.07 Å². The molecular formula is C14H11N3O. The van der Waals surface area contributed by atoms with E-state index in [1.807, 2.05) is 31.2 Å². The van der Waals surface area contributed by atoms with E-state index < -0.39 is 0 Å². The summed E-state index contributed by atoms with van der Waals surface area (Å²) in [6.45, 7) is 1.98. The Labute approximate surface area is 103 Å². The van der Waals surface area contributed by atoms with E-state index >= 15 is 0 Å². The van der Waals surface area contributed by atoms with Crippen LogP contribution >= 0.6 is 0 Å². The van der Waals surface area contributed by atoms with Gasteiger partial charge < -0.3 is 4.98 Å². The van der Waals surface area contributed by atoms with Gasteiger partial charge in [-0.3, -0.25) is 4.79 Å². The molecule has 3 aromatic rings. The van der Waals surface area contributed by atoms with Gasteiger partial charge in [-0.2, -0.15) is 10.2 Å². The first-order chi connectivity index (χ1) is 8.74. The Morgan fingerprint density at radius 1 is 1.06 bits per heavy atom. The quantitative estimate of drug-likeness (QED) is 0.706. The molecule has 0 fully saturated rings. The largest absolute Gasteiger partial charge is 0.322 e. The molecule has 88 valence electrons. The van der Waals surface area contributed by atoms with Crippen LogP contribution in [-0.4, -0.2) is 15.2 Å². The molecule has 4 heteroatoms. The van der Waals surface area contributed by atoms with Gasteiger partial charge >= 0.3 is 0 Å². The molecule has 2 heterocycles. The second-order valence-corrected chi connectivity index (χ2v) is 4.21. The molecule has 0 radical (unpaired) electrons. The first-order valence-electron chi connectivity index (χ1n) is 5.65. The fourth-order valence-electron chi connectivity index (χ4n) is 2.08. The number of aromatic nitrogens is 3. The van der Waals surface area contributed by atoms with Crippen LogP contribution in [0.5, 0.6) is 0 Å². The molecule has 2 aromatic heterocycles. The fraction of sp³-hybridized carbons (Fsp3) is 0.0714. The van der Waals surface area contributed by atoms with Gasteiger partial charge in [0.25, 0.3) is 0 Å². The van der Waals surface area contributed by atoms with Crippen LogP contribution < -0.4 is 5.56 Å². The van der Waals surface area contributed by atoms with E-state index in [2.05, 4.69) is 15.2 Å². The molecule has 0 unspecified atom stereocenters. The number of rotatable bonds is 1. The average molecular weight is 237 g/mol. The van der Waals surface area contributed by atoms with E-state index in [0.717, 1.165) is 27.6 Å². The molecule has 0 atom stereocenters. The smallest absolute Gasteiger partial charge is 0.248 e. The van der Waals surface area contributed by atoms with Gasteiger partial charge in [0, 0.05) is 11.6 Å². The van der Waals surface area contributed by atoms with Crippen molar-refractivity contribution in [3.05, 3.63) is 58.6 Å². The minimum Gasteiger partial charge on any atom is -0.322 e. The molecule has 0 bridgehead atoms. The van der Waals surface area contributed by atoms with Crippen LogP contribution in [-0.2, 0) is 0 Å². The van der Waals surface area contributed by atoms with E-state index in [4.69, 9.17) is 0 Å². The Kier molecular flexibility index (Phi) is 2.41. The third-order valence-corrected chi connectivity index (χ3v) is 2.95. The summed E-state index contributed by atoms with van der Waals surface area (Å²) < 4.78 is 0. The average Bonchev–Trinajstić information content (AvgIpc) is 2.40. The third kappa shape index (κ3) is 1.78. The number of pyridine rings is 1. The topological polar surface area (TPSA) is 58.6 Å². The van der Waals surface area contributed by atoms with Crippen molar-refractivity contribution in [1.82, 2.24) is 15.2 Å². The summed E-state index contributed by atoms with van der Waals surface area (Å²) >= 11 is 0. The summed E-state index contributed by atoms with van der Waals surface area (Å²) in [6.07, 6.45) is 3.40. The maximum atomic E-state index is 11.3. The van der Waals surface area contributed by atoms with E-state index in [9.17, 15) is 4.79 Å². The van der Waals surface area contributed by atoms with Crippen molar-refractivity contribution in [1.29, 1.82) is 0 Å². The standard InChI is InChI=1S/C14H11N3O/c1-9-6-12(11-4-5-15-16-8-11)7-10-2-3-13(18)17-14(9)10/h2-8H,1H3,(H,17,18). The summed E-state index contributed by atoms with van der Waals surface area (Å²) in [7, 11) is 0. The summed E-state index contributed by atoms with van der Waals surface area (Å²) in [5, 5.41) is 8.66. The van der Waals surface area contributed by atoms with Gasteiger partial charge in [0.2, 0.25) is 5.56 Å². The van der Waals surface area contributed by atoms with Gasteiger partial charge in [-0.15, -0.1) is 0 Å². The summed E-state index contributed by atoms with van der Waals surface area (Å²) in [5.41, 5.74) is 3.93. The van der Waals surface area contributed by atoms with Crippen LogP contribution in [0.4, 0.5) is 0 Å². The zero-order valence-electron chi connectivity index (χ0n) is 9.84. The number of H-pyrrole nitrogens is 1. The normalized spacial score (nSPS) is 10.7. The van der Waals surface area contributed by atoms with Crippen LogP contribution in [0.2, 0.25) is 0 Å². The summed E-state index contributed by atoms with van der Waals surface area (Å²) in [6, 6.07) is 9.36. The van der Waals surface area contributed by atoms with E-state index in [0.29, 0.717) is 0 Å². The van der Waals surface area contributed by atoms with Crippen molar-refractivity contribution >= 4 is 10.9 Å². The molecule has 0 saturated heterocycles. The van der Waals surface area contributed by atoms with Crippen LogP contribution in [0.1, 0.15) is 5.56 Å². The summed E-state index contributed by atoms with van der Waals surface area (Å²) in [5.74, 6) is 0. The molecule has 18 heavy (non-hydrogen) atoms. The van der Waals surface area contributed by atoms with Crippen molar-refractivity contribution in [2.75, 3.05) is 0 Å². The van der Waals surface area contributed by atoms with Crippen LogP contribution in [0.15, 0.2) is 47.5 Å². The van der Waals surface area contributed by atoms with Gasteiger partial charge in [-0.25, -0.2) is 0 Å².